The van der Waals surface area contributed by atoms with Crippen molar-refractivity contribution in [3.05, 3.63) is 34.7 Å². The molecule has 0 aliphatic heterocycles. The van der Waals surface area contributed by atoms with E-state index in [-0.39, 0.29) is 5.82 Å². The Morgan fingerprint density at radius 1 is 1.32 bits per heavy atom. The Hall–Kier alpha value is -1.55. The maximum Gasteiger partial charge on any atom is 0.153 e. The number of anilines is 1. The van der Waals surface area contributed by atoms with Crippen LogP contribution in [0, 0.1) is 5.82 Å². The minimum atomic E-state index is -0.349. The molecule has 0 unspecified atom stereocenters. The summed E-state index contributed by atoms with van der Waals surface area (Å²) in [6.45, 7) is 0. The van der Waals surface area contributed by atoms with Crippen LogP contribution < -0.4 is 5.73 Å². The van der Waals surface area contributed by atoms with E-state index in [1.165, 1.54) is 25.0 Å². The molecule has 1 saturated carbocycles. The normalized spacial score (nSPS) is 16.1. The van der Waals surface area contributed by atoms with Gasteiger partial charge in [0.05, 0.1) is 5.02 Å². The van der Waals surface area contributed by atoms with Crippen molar-refractivity contribution in [2.45, 2.75) is 31.6 Å². The fourth-order valence-corrected chi connectivity index (χ4v) is 3.12. The van der Waals surface area contributed by atoms with Gasteiger partial charge in [0, 0.05) is 22.7 Å². The molecule has 5 heteroatoms. The Balaban J connectivity index is 2.10. The van der Waals surface area contributed by atoms with Gasteiger partial charge in [-0.3, -0.25) is 5.10 Å². The van der Waals surface area contributed by atoms with Crippen LogP contribution in [0.4, 0.5) is 10.2 Å². The van der Waals surface area contributed by atoms with Gasteiger partial charge in [-0.25, -0.2) is 4.39 Å². The van der Waals surface area contributed by atoms with Crippen LogP contribution >= 0.6 is 11.6 Å². The monoisotopic (exact) mass is 279 g/mol. The molecule has 0 atom stereocenters. The van der Waals surface area contributed by atoms with Crippen molar-refractivity contribution in [3.8, 4) is 11.1 Å². The van der Waals surface area contributed by atoms with Gasteiger partial charge in [0.15, 0.2) is 5.82 Å². The van der Waals surface area contributed by atoms with E-state index in [1.807, 2.05) is 0 Å². The fourth-order valence-electron chi connectivity index (χ4n) is 2.86. The molecule has 0 saturated heterocycles. The van der Waals surface area contributed by atoms with Crippen molar-refractivity contribution in [2.75, 3.05) is 5.73 Å². The summed E-state index contributed by atoms with van der Waals surface area (Å²) in [7, 11) is 0. The van der Waals surface area contributed by atoms with Gasteiger partial charge < -0.3 is 5.73 Å². The van der Waals surface area contributed by atoms with Gasteiger partial charge in [0.2, 0.25) is 0 Å². The average Bonchev–Trinajstić information content (AvgIpc) is 2.99. The van der Waals surface area contributed by atoms with E-state index in [2.05, 4.69) is 10.2 Å². The van der Waals surface area contributed by atoms with Crippen molar-refractivity contribution in [1.29, 1.82) is 0 Å². The van der Waals surface area contributed by atoms with E-state index < -0.39 is 0 Å². The summed E-state index contributed by atoms with van der Waals surface area (Å²) >= 11 is 6.13. The van der Waals surface area contributed by atoms with Crippen molar-refractivity contribution in [3.63, 3.8) is 0 Å². The number of benzene rings is 1. The summed E-state index contributed by atoms with van der Waals surface area (Å²) in [6, 6.07) is 4.37. The first kappa shape index (κ1) is 12.5. The highest BCUT2D eigenvalue weighted by Gasteiger charge is 2.25. The van der Waals surface area contributed by atoms with Crippen molar-refractivity contribution in [1.82, 2.24) is 10.2 Å². The molecule has 0 radical (unpaired) electrons. The Bertz CT molecular complexity index is 603. The standard InChI is InChI=1S/C14H15ClFN3/c15-11-7-9(16)5-6-10(11)12-13(18-19-14(12)17)8-3-1-2-4-8/h5-8H,1-4H2,(H3,17,18,19). The number of halogens is 2. The van der Waals surface area contributed by atoms with E-state index in [0.717, 1.165) is 29.7 Å². The van der Waals surface area contributed by atoms with Crippen LogP contribution in [0.1, 0.15) is 37.3 Å². The minimum absolute atomic E-state index is 0.349. The lowest BCUT2D eigenvalue weighted by molar-refractivity contribution is 0.628. The third-order valence-corrected chi connectivity index (χ3v) is 4.10. The highest BCUT2D eigenvalue weighted by Crippen LogP contribution is 2.42. The predicted octanol–water partition coefficient (Wildman–Crippen LogP) is 4.11. The van der Waals surface area contributed by atoms with Gasteiger partial charge in [-0.2, -0.15) is 5.10 Å². The molecular formula is C14H15ClFN3. The molecule has 0 bridgehead atoms. The maximum atomic E-state index is 13.2. The van der Waals surface area contributed by atoms with E-state index in [4.69, 9.17) is 17.3 Å². The quantitative estimate of drug-likeness (QED) is 0.869. The Morgan fingerprint density at radius 2 is 2.05 bits per heavy atom. The van der Waals surface area contributed by atoms with Gasteiger partial charge in [0.1, 0.15) is 5.82 Å². The SMILES string of the molecule is Nc1n[nH]c(C2CCCC2)c1-c1ccc(F)cc1Cl. The molecule has 0 amide bonds. The zero-order chi connectivity index (χ0) is 13.4. The number of aromatic amines is 1. The lowest BCUT2D eigenvalue weighted by Gasteiger charge is -2.11. The molecule has 0 spiro atoms. The maximum absolute atomic E-state index is 13.2. The van der Waals surface area contributed by atoms with Crippen LogP contribution in [0.5, 0.6) is 0 Å². The molecule has 1 aromatic heterocycles. The number of nitrogen functional groups attached to an aromatic ring is 1. The summed E-state index contributed by atoms with van der Waals surface area (Å²) in [6.07, 6.45) is 4.71. The van der Waals surface area contributed by atoms with Crippen LogP contribution in [-0.4, -0.2) is 10.2 Å². The smallest absolute Gasteiger partial charge is 0.153 e. The molecule has 3 N–H and O–H groups in total. The van der Waals surface area contributed by atoms with E-state index in [0.29, 0.717) is 16.8 Å². The molecule has 1 fully saturated rings. The van der Waals surface area contributed by atoms with Crippen LogP contribution in [0.3, 0.4) is 0 Å². The van der Waals surface area contributed by atoms with E-state index >= 15 is 0 Å². The first-order valence-corrected chi connectivity index (χ1v) is 6.84. The van der Waals surface area contributed by atoms with Crippen molar-refractivity contribution >= 4 is 17.4 Å². The zero-order valence-electron chi connectivity index (χ0n) is 10.4. The number of hydrogen-bond donors (Lipinski definition) is 2. The Labute approximate surface area is 116 Å². The topological polar surface area (TPSA) is 54.7 Å². The molecule has 1 aliphatic carbocycles. The summed E-state index contributed by atoms with van der Waals surface area (Å²) in [5.41, 5.74) is 8.56. The van der Waals surface area contributed by atoms with Crippen LogP contribution in [0.2, 0.25) is 5.02 Å². The van der Waals surface area contributed by atoms with E-state index in [1.54, 1.807) is 6.07 Å². The summed E-state index contributed by atoms with van der Waals surface area (Å²) in [4.78, 5) is 0. The Kier molecular flexibility index (Phi) is 3.19. The molecule has 1 aliphatic rings. The highest BCUT2D eigenvalue weighted by molar-refractivity contribution is 6.33. The molecule has 2 aromatic rings. The lowest BCUT2D eigenvalue weighted by atomic mass is 9.95. The van der Waals surface area contributed by atoms with Gasteiger partial charge in [-0.1, -0.05) is 24.4 Å². The zero-order valence-corrected chi connectivity index (χ0v) is 11.2. The fraction of sp³-hybridized carbons (Fsp3) is 0.357. The molecule has 3 rings (SSSR count). The van der Waals surface area contributed by atoms with Gasteiger partial charge in [-0.05, 0) is 31.0 Å². The Morgan fingerprint density at radius 3 is 2.74 bits per heavy atom. The van der Waals surface area contributed by atoms with Gasteiger partial charge in [0.25, 0.3) is 0 Å². The second-order valence-corrected chi connectivity index (χ2v) is 5.41. The van der Waals surface area contributed by atoms with Crippen LogP contribution in [0.25, 0.3) is 11.1 Å². The lowest BCUT2D eigenvalue weighted by Crippen LogP contribution is -1.97. The van der Waals surface area contributed by atoms with Crippen molar-refractivity contribution in [2.24, 2.45) is 0 Å². The van der Waals surface area contributed by atoms with Crippen molar-refractivity contribution < 1.29 is 4.39 Å². The number of rotatable bonds is 2. The number of aromatic nitrogens is 2. The first-order chi connectivity index (χ1) is 9.16. The van der Waals surface area contributed by atoms with Crippen LogP contribution in [-0.2, 0) is 0 Å². The van der Waals surface area contributed by atoms with Crippen LogP contribution in [0.15, 0.2) is 18.2 Å². The number of H-pyrrole nitrogens is 1. The first-order valence-electron chi connectivity index (χ1n) is 6.46. The number of nitrogens with zero attached hydrogens (tertiary/aromatic N) is 1. The summed E-state index contributed by atoms with van der Waals surface area (Å²) < 4.78 is 13.2. The molecular weight excluding hydrogens is 265 g/mol. The second-order valence-electron chi connectivity index (χ2n) is 5.00. The summed E-state index contributed by atoms with van der Waals surface area (Å²) in [5.74, 6) is 0.523. The number of nitrogens with one attached hydrogen (secondary N) is 1. The minimum Gasteiger partial charge on any atom is -0.382 e. The number of nitrogens with two attached hydrogens (primary N) is 1. The summed E-state index contributed by atoms with van der Waals surface area (Å²) in [5, 5.41) is 7.50. The molecule has 19 heavy (non-hydrogen) atoms. The third kappa shape index (κ3) is 2.21. The molecule has 3 nitrogen and oxygen atoms in total. The highest BCUT2D eigenvalue weighted by atomic mass is 35.5. The predicted molar refractivity (Wildman–Crippen MR) is 74.6 cm³/mol. The van der Waals surface area contributed by atoms with Gasteiger partial charge >= 0.3 is 0 Å². The average molecular weight is 280 g/mol. The third-order valence-electron chi connectivity index (χ3n) is 3.79. The largest absolute Gasteiger partial charge is 0.382 e. The van der Waals surface area contributed by atoms with Gasteiger partial charge in [-0.15, -0.1) is 0 Å². The van der Waals surface area contributed by atoms with E-state index in [9.17, 15) is 4.39 Å². The second kappa shape index (κ2) is 4.85. The molecule has 1 heterocycles. The molecule has 100 valence electrons. The number of hydrogen-bond acceptors (Lipinski definition) is 2. The molecule has 1 aromatic carbocycles.